The second kappa shape index (κ2) is 5.59. The standard InChI is InChI=1S/C13H16ClNO3/c1-15(9-5-7-18-8-6-9)11-4-2-3-10(14)12(11)13(16)17/h2-4,9H,5-8H2,1H3,(H,16,17). The Morgan fingerprint density at radius 1 is 1.44 bits per heavy atom. The Morgan fingerprint density at radius 3 is 2.72 bits per heavy atom. The fourth-order valence-electron chi connectivity index (χ4n) is 2.29. The van der Waals surface area contributed by atoms with Crippen molar-refractivity contribution in [1.29, 1.82) is 0 Å². The minimum Gasteiger partial charge on any atom is -0.478 e. The van der Waals surface area contributed by atoms with Crippen LogP contribution in [0.25, 0.3) is 0 Å². The summed E-state index contributed by atoms with van der Waals surface area (Å²) in [5.41, 5.74) is 0.843. The van der Waals surface area contributed by atoms with Gasteiger partial charge in [0.25, 0.3) is 0 Å². The van der Waals surface area contributed by atoms with Gasteiger partial charge < -0.3 is 14.7 Å². The number of hydrogen-bond donors (Lipinski definition) is 1. The Kier molecular flexibility index (Phi) is 4.09. The first-order chi connectivity index (χ1) is 8.61. The van der Waals surface area contributed by atoms with Crippen molar-refractivity contribution in [1.82, 2.24) is 0 Å². The molecule has 18 heavy (non-hydrogen) atoms. The molecule has 0 amide bonds. The maximum Gasteiger partial charge on any atom is 0.339 e. The Morgan fingerprint density at radius 2 is 2.11 bits per heavy atom. The summed E-state index contributed by atoms with van der Waals surface area (Å²) in [6.07, 6.45) is 1.81. The lowest BCUT2D eigenvalue weighted by Crippen LogP contribution is -2.37. The summed E-state index contributed by atoms with van der Waals surface area (Å²) < 4.78 is 5.32. The van der Waals surface area contributed by atoms with Crippen LogP contribution in [0, 0.1) is 0 Å². The number of benzene rings is 1. The number of aromatic carboxylic acids is 1. The zero-order chi connectivity index (χ0) is 13.1. The number of rotatable bonds is 3. The highest BCUT2D eigenvalue weighted by molar-refractivity contribution is 6.34. The highest BCUT2D eigenvalue weighted by Crippen LogP contribution is 2.29. The van der Waals surface area contributed by atoms with Crippen molar-refractivity contribution in [2.45, 2.75) is 18.9 Å². The third-order valence-electron chi connectivity index (χ3n) is 3.32. The van der Waals surface area contributed by atoms with Gasteiger partial charge in [-0.15, -0.1) is 0 Å². The number of carboxylic acids is 1. The lowest BCUT2D eigenvalue weighted by atomic mass is 10.0. The van der Waals surface area contributed by atoms with E-state index in [1.54, 1.807) is 18.2 Å². The van der Waals surface area contributed by atoms with Crippen molar-refractivity contribution in [3.8, 4) is 0 Å². The van der Waals surface area contributed by atoms with Crippen LogP contribution in [0.4, 0.5) is 5.69 Å². The summed E-state index contributed by atoms with van der Waals surface area (Å²) in [5, 5.41) is 9.53. The lowest BCUT2D eigenvalue weighted by Gasteiger charge is -2.33. The van der Waals surface area contributed by atoms with Crippen LogP contribution in [-0.2, 0) is 4.74 Å². The molecule has 0 atom stereocenters. The smallest absolute Gasteiger partial charge is 0.339 e. The molecule has 98 valence electrons. The Hall–Kier alpha value is -1.26. The van der Waals surface area contributed by atoms with Gasteiger partial charge in [-0.2, -0.15) is 0 Å². The molecule has 0 aliphatic carbocycles. The minimum absolute atomic E-state index is 0.174. The molecule has 0 bridgehead atoms. The van der Waals surface area contributed by atoms with E-state index in [2.05, 4.69) is 0 Å². The van der Waals surface area contributed by atoms with Crippen molar-refractivity contribution in [2.75, 3.05) is 25.2 Å². The summed E-state index contributed by atoms with van der Waals surface area (Å²) in [6, 6.07) is 5.48. The predicted octanol–water partition coefficient (Wildman–Crippen LogP) is 2.65. The van der Waals surface area contributed by atoms with Crippen molar-refractivity contribution >= 4 is 23.3 Å². The molecule has 0 spiro atoms. The van der Waals surface area contributed by atoms with Crippen molar-refractivity contribution in [3.05, 3.63) is 28.8 Å². The predicted molar refractivity (Wildman–Crippen MR) is 70.7 cm³/mol. The first kappa shape index (κ1) is 13.2. The highest BCUT2D eigenvalue weighted by Gasteiger charge is 2.23. The summed E-state index contributed by atoms with van der Waals surface area (Å²) >= 11 is 5.98. The molecule has 2 rings (SSSR count). The molecule has 1 aromatic rings. The molecule has 0 radical (unpaired) electrons. The minimum atomic E-state index is -0.991. The molecule has 1 fully saturated rings. The highest BCUT2D eigenvalue weighted by atomic mass is 35.5. The largest absolute Gasteiger partial charge is 0.478 e. The number of nitrogens with zero attached hydrogens (tertiary/aromatic N) is 1. The molecule has 1 heterocycles. The van der Waals surface area contributed by atoms with E-state index < -0.39 is 5.97 Å². The molecular formula is C13H16ClNO3. The van der Waals surface area contributed by atoms with E-state index in [4.69, 9.17) is 16.3 Å². The van der Waals surface area contributed by atoms with Gasteiger partial charge in [0, 0.05) is 26.3 Å². The zero-order valence-electron chi connectivity index (χ0n) is 10.2. The molecule has 0 unspecified atom stereocenters. The van der Waals surface area contributed by atoms with Gasteiger partial charge in [0.15, 0.2) is 0 Å². The van der Waals surface area contributed by atoms with E-state index in [1.807, 2.05) is 11.9 Å². The van der Waals surface area contributed by atoms with Crippen LogP contribution in [0.1, 0.15) is 23.2 Å². The number of carbonyl (C=O) groups is 1. The molecule has 5 heteroatoms. The molecule has 1 aromatic carbocycles. The maximum atomic E-state index is 11.3. The molecule has 1 aliphatic rings. The normalized spacial score (nSPS) is 16.6. The number of ether oxygens (including phenoxy) is 1. The van der Waals surface area contributed by atoms with Crippen molar-refractivity contribution in [3.63, 3.8) is 0 Å². The van der Waals surface area contributed by atoms with Crippen LogP contribution in [0.3, 0.4) is 0 Å². The van der Waals surface area contributed by atoms with Gasteiger partial charge in [0.1, 0.15) is 5.56 Å². The maximum absolute atomic E-state index is 11.3. The van der Waals surface area contributed by atoms with E-state index in [9.17, 15) is 9.90 Å². The van der Waals surface area contributed by atoms with Gasteiger partial charge in [-0.05, 0) is 25.0 Å². The third kappa shape index (κ3) is 2.60. The topological polar surface area (TPSA) is 49.8 Å². The second-order valence-electron chi connectivity index (χ2n) is 4.39. The number of halogens is 1. The summed E-state index contributed by atoms with van der Waals surface area (Å²) in [5.74, 6) is -0.991. The third-order valence-corrected chi connectivity index (χ3v) is 3.64. The van der Waals surface area contributed by atoms with Gasteiger partial charge >= 0.3 is 5.97 Å². The average molecular weight is 270 g/mol. The van der Waals surface area contributed by atoms with E-state index >= 15 is 0 Å². The molecule has 0 saturated carbocycles. The van der Waals surface area contributed by atoms with E-state index in [1.165, 1.54) is 0 Å². The average Bonchev–Trinajstić information content (AvgIpc) is 2.38. The van der Waals surface area contributed by atoms with Crippen LogP contribution >= 0.6 is 11.6 Å². The number of carboxylic acid groups (broad SMARTS) is 1. The molecule has 1 aliphatic heterocycles. The van der Waals surface area contributed by atoms with E-state index in [-0.39, 0.29) is 10.6 Å². The zero-order valence-corrected chi connectivity index (χ0v) is 11.0. The summed E-state index contributed by atoms with van der Waals surface area (Å²) in [4.78, 5) is 13.3. The molecule has 1 saturated heterocycles. The van der Waals surface area contributed by atoms with Crippen molar-refractivity contribution in [2.24, 2.45) is 0 Å². The first-order valence-corrected chi connectivity index (χ1v) is 6.31. The van der Waals surface area contributed by atoms with Crippen LogP contribution in [0.2, 0.25) is 5.02 Å². The lowest BCUT2D eigenvalue weighted by molar-refractivity contribution is 0.0697. The Balaban J connectivity index is 2.31. The summed E-state index contributed by atoms with van der Waals surface area (Å²) in [6.45, 7) is 1.44. The van der Waals surface area contributed by atoms with Crippen molar-refractivity contribution < 1.29 is 14.6 Å². The van der Waals surface area contributed by atoms with Crippen LogP contribution < -0.4 is 4.90 Å². The number of hydrogen-bond acceptors (Lipinski definition) is 3. The molecule has 0 aromatic heterocycles. The second-order valence-corrected chi connectivity index (χ2v) is 4.80. The monoisotopic (exact) mass is 269 g/mol. The fraction of sp³-hybridized carbons (Fsp3) is 0.462. The SMILES string of the molecule is CN(c1cccc(Cl)c1C(=O)O)C1CCOCC1. The molecular weight excluding hydrogens is 254 g/mol. The van der Waals surface area contributed by atoms with Crippen LogP contribution in [-0.4, -0.2) is 37.4 Å². The Labute approximate surface area is 111 Å². The van der Waals surface area contributed by atoms with E-state index in [0.29, 0.717) is 11.7 Å². The molecule has 1 N–H and O–H groups in total. The van der Waals surface area contributed by atoms with Gasteiger partial charge in [0.2, 0.25) is 0 Å². The summed E-state index contributed by atoms with van der Waals surface area (Å²) in [7, 11) is 1.91. The van der Waals surface area contributed by atoms with Gasteiger partial charge in [-0.3, -0.25) is 0 Å². The van der Waals surface area contributed by atoms with Crippen LogP contribution in [0.15, 0.2) is 18.2 Å². The number of anilines is 1. The quantitative estimate of drug-likeness (QED) is 0.917. The molecule has 4 nitrogen and oxygen atoms in total. The van der Waals surface area contributed by atoms with Crippen LogP contribution in [0.5, 0.6) is 0 Å². The van der Waals surface area contributed by atoms with Gasteiger partial charge in [-0.1, -0.05) is 17.7 Å². The van der Waals surface area contributed by atoms with Gasteiger partial charge in [0.05, 0.1) is 10.7 Å². The Bertz CT molecular complexity index is 444. The fourth-order valence-corrected chi connectivity index (χ4v) is 2.54. The first-order valence-electron chi connectivity index (χ1n) is 5.93. The van der Waals surface area contributed by atoms with E-state index in [0.717, 1.165) is 26.1 Å². The van der Waals surface area contributed by atoms with Gasteiger partial charge in [-0.25, -0.2) is 4.79 Å².